The van der Waals surface area contributed by atoms with E-state index in [1.807, 2.05) is 47.3 Å². The molecule has 3 heterocycles. The predicted octanol–water partition coefficient (Wildman–Crippen LogP) is 2.49. The number of fused-ring (bicyclic) bond motifs is 1. The molecule has 0 fully saturated rings. The van der Waals surface area contributed by atoms with Crippen molar-refractivity contribution in [2.24, 2.45) is 4.99 Å². The van der Waals surface area contributed by atoms with Crippen molar-refractivity contribution in [2.75, 3.05) is 27.7 Å². The highest BCUT2D eigenvalue weighted by Gasteiger charge is 2.39. The maximum Gasteiger partial charge on any atom is 0.284 e. The van der Waals surface area contributed by atoms with Gasteiger partial charge in [-0.3, -0.25) is 15.1 Å². The van der Waals surface area contributed by atoms with Gasteiger partial charge in [-0.2, -0.15) is 10.1 Å². The zero-order chi connectivity index (χ0) is 20.6. The number of aromatic nitrogens is 2. The van der Waals surface area contributed by atoms with Crippen LogP contribution < -0.4 is 19.8 Å². The summed E-state index contributed by atoms with van der Waals surface area (Å²) in [4.78, 5) is 8.65. The van der Waals surface area contributed by atoms with E-state index in [-0.39, 0.29) is 0 Å². The molecule has 0 saturated heterocycles. The number of anilines is 3. The fraction of sp³-hybridized carbons (Fsp3) is 0.263. The van der Waals surface area contributed by atoms with Crippen LogP contribution in [0.1, 0.15) is 19.5 Å². The molecule has 151 valence electrons. The van der Waals surface area contributed by atoms with Crippen molar-refractivity contribution in [2.45, 2.75) is 20.3 Å². The lowest BCUT2D eigenvalue weighted by molar-refractivity contribution is 0.607. The Kier molecular flexibility index (Phi) is 4.89. The second-order valence-corrected chi connectivity index (χ2v) is 8.74. The smallest absolute Gasteiger partial charge is 0.284 e. The van der Waals surface area contributed by atoms with Gasteiger partial charge in [0.2, 0.25) is 10.0 Å². The van der Waals surface area contributed by atoms with Crippen LogP contribution >= 0.6 is 0 Å². The van der Waals surface area contributed by atoms with Crippen LogP contribution in [0.25, 0.3) is 0 Å². The largest absolute Gasteiger partial charge is 0.329 e. The minimum atomic E-state index is -3.35. The summed E-state index contributed by atoms with van der Waals surface area (Å²) in [5.74, 6) is 2.41. The zero-order valence-electron chi connectivity index (χ0n) is 16.5. The Bertz CT molecular complexity index is 1130. The third-order valence-corrected chi connectivity index (χ3v) is 5.10. The number of sulfonamides is 1. The number of nitrogens with one attached hydrogen (secondary N) is 3. The molecule has 0 amide bonds. The average molecular weight is 414 g/mol. The van der Waals surface area contributed by atoms with E-state index in [9.17, 15) is 8.42 Å². The molecule has 2 aromatic rings. The quantitative estimate of drug-likeness (QED) is 0.631. The first-order chi connectivity index (χ1) is 13.8. The molecule has 2 aliphatic heterocycles. The van der Waals surface area contributed by atoms with Crippen LogP contribution in [0.5, 0.6) is 0 Å². The van der Waals surface area contributed by atoms with Crippen LogP contribution in [0.15, 0.2) is 59.2 Å². The van der Waals surface area contributed by atoms with E-state index in [4.69, 9.17) is 0 Å². The van der Waals surface area contributed by atoms with Gasteiger partial charge in [-0.25, -0.2) is 8.42 Å². The molecule has 3 N–H and O–H groups in total. The molecule has 0 saturated carbocycles. The number of rotatable bonds is 6. The number of benzene rings is 1. The molecule has 0 aliphatic carbocycles. The predicted molar refractivity (Wildman–Crippen MR) is 115 cm³/mol. The second-order valence-electron chi connectivity index (χ2n) is 6.99. The summed E-state index contributed by atoms with van der Waals surface area (Å²) in [6, 6.07) is 9.23. The maximum absolute atomic E-state index is 11.6. The van der Waals surface area contributed by atoms with Crippen LogP contribution in [-0.2, 0) is 16.4 Å². The molecule has 2 aliphatic rings. The van der Waals surface area contributed by atoms with Crippen molar-refractivity contribution in [3.05, 3.63) is 59.9 Å². The normalized spacial score (nSPS) is 16.8. The molecular formula is C19H23N7O2S+. The van der Waals surface area contributed by atoms with Crippen molar-refractivity contribution >= 4 is 33.1 Å². The van der Waals surface area contributed by atoms with Crippen molar-refractivity contribution < 1.29 is 8.42 Å². The van der Waals surface area contributed by atoms with Crippen LogP contribution in [0, 0.1) is 0 Å². The number of aromatic amines is 1. The standard InChI is InChI=1S/C19H23N7O2S/c1-4-14-9-17(23-22-14)21-19-12-25(11-18-20-13(2)10-26(18)19)16-7-5-6-15(8-16)24-29(3,27)28/h5-10,12,24H,4,11H2,1-3H3,(H2,21,22,23)/q+1. The Morgan fingerprint density at radius 1 is 1.31 bits per heavy atom. The molecule has 9 nitrogen and oxygen atoms in total. The monoisotopic (exact) mass is 413 g/mol. The van der Waals surface area contributed by atoms with Gasteiger partial charge in [0.15, 0.2) is 12.0 Å². The molecule has 29 heavy (non-hydrogen) atoms. The first-order valence-corrected chi connectivity index (χ1v) is 11.1. The summed E-state index contributed by atoms with van der Waals surface area (Å²) in [6.45, 7) is 4.57. The second kappa shape index (κ2) is 7.37. The number of nitrogens with zero attached hydrogens (tertiary/aromatic N) is 4. The summed E-state index contributed by atoms with van der Waals surface area (Å²) in [7, 11) is -3.35. The molecule has 0 spiro atoms. The van der Waals surface area contributed by atoms with E-state index in [0.29, 0.717) is 12.2 Å². The third kappa shape index (κ3) is 4.33. The van der Waals surface area contributed by atoms with E-state index >= 15 is 0 Å². The zero-order valence-corrected chi connectivity index (χ0v) is 17.3. The summed E-state index contributed by atoms with van der Waals surface area (Å²) in [5, 5.41) is 10.7. The first kappa shape index (κ1) is 19.2. The Morgan fingerprint density at radius 3 is 2.86 bits per heavy atom. The summed E-state index contributed by atoms with van der Waals surface area (Å²) >= 11 is 0. The van der Waals surface area contributed by atoms with Gasteiger partial charge in [-0.15, -0.1) is 0 Å². The maximum atomic E-state index is 11.6. The molecule has 1 aromatic heterocycles. The van der Waals surface area contributed by atoms with Gasteiger partial charge in [0, 0.05) is 17.4 Å². The Balaban J connectivity index is 1.66. The fourth-order valence-corrected chi connectivity index (χ4v) is 3.79. The number of aliphatic imine (C=N–C) groups is 1. The van der Waals surface area contributed by atoms with Crippen LogP contribution in [0.2, 0.25) is 0 Å². The van der Waals surface area contributed by atoms with Crippen molar-refractivity contribution in [3.63, 3.8) is 0 Å². The lowest BCUT2D eigenvalue weighted by Crippen LogP contribution is -2.45. The van der Waals surface area contributed by atoms with Gasteiger partial charge in [-0.05, 0) is 36.4 Å². The van der Waals surface area contributed by atoms with Crippen molar-refractivity contribution in [1.29, 1.82) is 0 Å². The Labute approximate surface area is 169 Å². The highest BCUT2D eigenvalue weighted by Crippen LogP contribution is 2.27. The number of amidine groups is 1. The molecule has 1 radical (unpaired) electrons. The lowest BCUT2D eigenvalue weighted by atomic mass is 10.2. The highest BCUT2D eigenvalue weighted by atomic mass is 32.2. The molecule has 0 unspecified atom stereocenters. The van der Waals surface area contributed by atoms with Gasteiger partial charge >= 0.3 is 0 Å². The lowest BCUT2D eigenvalue weighted by Gasteiger charge is -2.25. The van der Waals surface area contributed by atoms with E-state index in [0.717, 1.165) is 47.2 Å². The number of hydrogen-bond acceptors (Lipinski definition) is 7. The fourth-order valence-electron chi connectivity index (χ4n) is 3.23. The number of H-pyrrole nitrogens is 1. The average Bonchev–Trinajstić information content (AvgIpc) is 3.26. The van der Waals surface area contributed by atoms with Crippen molar-refractivity contribution in [3.8, 4) is 0 Å². The van der Waals surface area contributed by atoms with Gasteiger partial charge in [0.1, 0.15) is 12.2 Å². The molecule has 1 aromatic carbocycles. The van der Waals surface area contributed by atoms with Gasteiger partial charge < -0.3 is 4.90 Å². The van der Waals surface area contributed by atoms with Gasteiger partial charge in [0.25, 0.3) is 11.7 Å². The Morgan fingerprint density at radius 2 is 2.14 bits per heavy atom. The summed E-state index contributed by atoms with van der Waals surface area (Å²) < 4.78 is 25.7. The van der Waals surface area contributed by atoms with E-state index in [1.165, 1.54) is 0 Å². The molecule has 10 heteroatoms. The number of aryl methyl sites for hydroxylation is 1. The minimum absolute atomic E-state index is 0.512. The van der Waals surface area contributed by atoms with Crippen LogP contribution in [0.4, 0.5) is 17.2 Å². The molecule has 0 atom stereocenters. The molecule has 4 rings (SSSR count). The van der Waals surface area contributed by atoms with E-state index < -0.39 is 10.0 Å². The minimum Gasteiger partial charge on any atom is -0.329 e. The molecule has 0 bridgehead atoms. The SMILES string of the molecule is CCc1cc(NC2=CN(c3cccc(NS(C)(=O)=O)c3)CC3=NC(C)=C[N+]23)n[nH]1. The van der Waals surface area contributed by atoms with Crippen LogP contribution in [0.3, 0.4) is 0 Å². The van der Waals surface area contributed by atoms with E-state index in [2.05, 4.69) is 32.2 Å². The van der Waals surface area contributed by atoms with Crippen LogP contribution in [-0.4, -0.2) is 37.3 Å². The van der Waals surface area contributed by atoms with Crippen molar-refractivity contribution in [1.82, 2.24) is 15.1 Å². The Hall–Kier alpha value is -3.11. The van der Waals surface area contributed by atoms with E-state index in [1.54, 1.807) is 12.1 Å². The summed E-state index contributed by atoms with van der Waals surface area (Å²) in [5.41, 5.74) is 3.32. The third-order valence-electron chi connectivity index (χ3n) is 4.50. The first-order valence-electron chi connectivity index (χ1n) is 9.23. The van der Waals surface area contributed by atoms with Gasteiger partial charge in [0.05, 0.1) is 18.1 Å². The van der Waals surface area contributed by atoms with Gasteiger partial charge in [-0.1, -0.05) is 13.0 Å². The number of allylic oxidation sites excluding steroid dienone is 1. The topological polar surface area (TPSA) is 108 Å². The molecular weight excluding hydrogens is 390 g/mol. The highest BCUT2D eigenvalue weighted by molar-refractivity contribution is 7.92. The number of hydrogen-bond donors (Lipinski definition) is 3. The summed E-state index contributed by atoms with van der Waals surface area (Å²) in [6.07, 6.45) is 5.94.